The summed E-state index contributed by atoms with van der Waals surface area (Å²) in [7, 11) is 0. The molecule has 2 atom stereocenters. The summed E-state index contributed by atoms with van der Waals surface area (Å²) in [5.41, 5.74) is 0.362. The monoisotopic (exact) mass is 286 g/mol. The molecule has 0 aromatic rings. The predicted octanol–water partition coefficient (Wildman–Crippen LogP) is 3.50. The third kappa shape index (κ3) is 2.18. The topological polar surface area (TPSA) is 44.1 Å². The van der Waals surface area contributed by atoms with Crippen molar-refractivity contribution in [1.82, 2.24) is 4.90 Å². The number of nitriles is 1. The van der Waals surface area contributed by atoms with Gasteiger partial charge in [-0.15, -0.1) is 0 Å². The molecule has 21 heavy (non-hydrogen) atoms. The number of amides is 1. The van der Waals surface area contributed by atoms with Crippen LogP contribution in [0.15, 0.2) is 0 Å². The molecule has 5 saturated carbocycles. The molecule has 0 N–H and O–H groups in total. The molecule has 0 aliphatic heterocycles. The van der Waals surface area contributed by atoms with E-state index in [1.165, 1.54) is 19.3 Å². The molecule has 5 rings (SSSR count). The molecule has 3 nitrogen and oxygen atoms in total. The molecule has 5 aliphatic rings. The normalized spacial score (nSPS) is 43.6. The van der Waals surface area contributed by atoms with Crippen molar-refractivity contribution in [2.75, 3.05) is 6.54 Å². The Labute approximate surface area is 127 Å². The first-order valence-corrected chi connectivity index (χ1v) is 8.72. The molecule has 1 amide bonds. The van der Waals surface area contributed by atoms with E-state index in [9.17, 15) is 4.79 Å². The summed E-state index contributed by atoms with van der Waals surface area (Å²) in [6, 6.07) is 2.67. The Bertz CT molecular complexity index is 488. The highest BCUT2D eigenvalue weighted by Crippen LogP contribution is 2.65. The molecule has 0 heterocycles. The molecule has 3 heteroatoms. The molecule has 0 spiro atoms. The van der Waals surface area contributed by atoms with E-state index in [4.69, 9.17) is 5.26 Å². The Hall–Kier alpha value is -1.04. The lowest BCUT2D eigenvalue weighted by molar-refractivity contribution is -0.166. The second-order valence-corrected chi connectivity index (χ2v) is 8.69. The van der Waals surface area contributed by atoms with E-state index in [0.29, 0.717) is 30.3 Å². The fourth-order valence-corrected chi connectivity index (χ4v) is 6.28. The summed E-state index contributed by atoms with van der Waals surface area (Å²) < 4.78 is 0. The van der Waals surface area contributed by atoms with Gasteiger partial charge >= 0.3 is 0 Å². The summed E-state index contributed by atoms with van der Waals surface area (Å²) in [6.07, 6.45) is 10.2. The van der Waals surface area contributed by atoms with Crippen molar-refractivity contribution in [1.29, 1.82) is 5.26 Å². The van der Waals surface area contributed by atoms with Gasteiger partial charge in [-0.3, -0.25) is 4.79 Å². The van der Waals surface area contributed by atoms with Crippen LogP contribution in [-0.4, -0.2) is 23.4 Å². The van der Waals surface area contributed by atoms with Gasteiger partial charge in [-0.1, -0.05) is 6.92 Å². The zero-order valence-corrected chi connectivity index (χ0v) is 13.1. The number of hydrogen-bond acceptors (Lipinski definition) is 2. The smallest absolute Gasteiger partial charge is 0.229 e. The lowest BCUT2D eigenvalue weighted by atomic mass is 9.44. The Kier molecular flexibility index (Phi) is 2.90. The first kappa shape index (κ1) is 13.6. The second-order valence-electron chi connectivity index (χ2n) is 8.69. The minimum Gasteiger partial charge on any atom is -0.338 e. The fraction of sp³-hybridized carbons (Fsp3) is 0.889. The maximum atomic E-state index is 13.3. The minimum atomic E-state index is -0.0587. The van der Waals surface area contributed by atoms with Crippen molar-refractivity contribution in [3.05, 3.63) is 0 Å². The standard InChI is InChI=1S/C18H26N2O/c1-17-8-13-7-14(9-17)11-18(10-13,12-17)16(21)20(6-2-5-19)15-3-4-15/h13-15H,2-4,6-12H2,1H3. The quantitative estimate of drug-likeness (QED) is 0.794. The molecule has 114 valence electrons. The van der Waals surface area contributed by atoms with Gasteiger partial charge in [0.2, 0.25) is 5.91 Å². The lowest BCUT2D eigenvalue weighted by Gasteiger charge is -2.61. The maximum Gasteiger partial charge on any atom is 0.229 e. The maximum absolute atomic E-state index is 13.3. The lowest BCUT2D eigenvalue weighted by Crippen LogP contribution is -2.57. The zero-order valence-electron chi connectivity index (χ0n) is 13.1. The molecule has 0 aromatic carbocycles. The van der Waals surface area contributed by atoms with Gasteiger partial charge in [-0.05, 0) is 68.6 Å². The highest BCUT2D eigenvalue weighted by atomic mass is 16.2. The first-order chi connectivity index (χ1) is 10.0. The van der Waals surface area contributed by atoms with E-state index in [2.05, 4.69) is 17.9 Å². The van der Waals surface area contributed by atoms with Crippen LogP contribution in [-0.2, 0) is 4.79 Å². The van der Waals surface area contributed by atoms with Gasteiger partial charge in [0.15, 0.2) is 0 Å². The van der Waals surface area contributed by atoms with Crippen molar-refractivity contribution in [2.24, 2.45) is 22.7 Å². The van der Waals surface area contributed by atoms with E-state index >= 15 is 0 Å². The molecule has 5 fully saturated rings. The van der Waals surface area contributed by atoms with Crippen LogP contribution in [0.4, 0.5) is 0 Å². The van der Waals surface area contributed by atoms with E-state index in [0.717, 1.165) is 43.9 Å². The Balaban J connectivity index is 1.59. The number of rotatable bonds is 4. The van der Waals surface area contributed by atoms with Crippen LogP contribution in [0.2, 0.25) is 0 Å². The molecule has 2 unspecified atom stereocenters. The Morgan fingerprint density at radius 2 is 1.90 bits per heavy atom. The van der Waals surface area contributed by atoms with E-state index in [-0.39, 0.29) is 5.41 Å². The fourth-order valence-electron chi connectivity index (χ4n) is 6.28. The van der Waals surface area contributed by atoms with Crippen molar-refractivity contribution in [3.63, 3.8) is 0 Å². The van der Waals surface area contributed by atoms with Gasteiger partial charge in [0.1, 0.15) is 0 Å². The van der Waals surface area contributed by atoms with Gasteiger partial charge < -0.3 is 4.90 Å². The third-order valence-corrected chi connectivity index (χ3v) is 6.52. The summed E-state index contributed by atoms with van der Waals surface area (Å²) in [5, 5.41) is 8.89. The van der Waals surface area contributed by atoms with Crippen LogP contribution in [0.1, 0.15) is 64.7 Å². The highest BCUT2D eigenvalue weighted by molar-refractivity contribution is 5.84. The van der Waals surface area contributed by atoms with Gasteiger partial charge in [0.05, 0.1) is 17.9 Å². The summed E-state index contributed by atoms with van der Waals surface area (Å²) in [6.45, 7) is 3.08. The number of hydrogen-bond donors (Lipinski definition) is 0. The molecule has 5 aliphatic carbocycles. The minimum absolute atomic E-state index is 0.0587. The highest BCUT2D eigenvalue weighted by Gasteiger charge is 2.60. The summed E-state index contributed by atoms with van der Waals surface area (Å²) in [5.74, 6) is 2.00. The van der Waals surface area contributed by atoms with Crippen molar-refractivity contribution >= 4 is 5.91 Å². The average molecular weight is 286 g/mol. The first-order valence-electron chi connectivity index (χ1n) is 8.72. The molecule has 0 saturated heterocycles. The number of carbonyl (C=O) groups excluding carboxylic acids is 1. The van der Waals surface area contributed by atoms with E-state index in [1.807, 2.05) is 0 Å². The summed E-state index contributed by atoms with van der Waals surface area (Å²) in [4.78, 5) is 15.4. The van der Waals surface area contributed by atoms with E-state index < -0.39 is 0 Å². The molecule has 0 radical (unpaired) electrons. The molecular formula is C18H26N2O. The molecule has 4 bridgehead atoms. The van der Waals surface area contributed by atoms with Crippen LogP contribution < -0.4 is 0 Å². The van der Waals surface area contributed by atoms with Crippen molar-refractivity contribution < 1.29 is 4.79 Å². The van der Waals surface area contributed by atoms with Gasteiger partial charge in [0.25, 0.3) is 0 Å². The van der Waals surface area contributed by atoms with Gasteiger partial charge in [0, 0.05) is 12.6 Å². The van der Waals surface area contributed by atoms with Crippen LogP contribution in [0, 0.1) is 34.0 Å². The largest absolute Gasteiger partial charge is 0.338 e. The Morgan fingerprint density at radius 1 is 1.24 bits per heavy atom. The average Bonchev–Trinajstić information content (AvgIpc) is 3.20. The number of nitrogens with zero attached hydrogens (tertiary/aromatic N) is 2. The third-order valence-electron chi connectivity index (χ3n) is 6.52. The molecular weight excluding hydrogens is 260 g/mol. The van der Waals surface area contributed by atoms with Crippen LogP contribution in [0.3, 0.4) is 0 Å². The van der Waals surface area contributed by atoms with Crippen LogP contribution in [0.5, 0.6) is 0 Å². The van der Waals surface area contributed by atoms with Gasteiger partial charge in [-0.2, -0.15) is 5.26 Å². The van der Waals surface area contributed by atoms with E-state index in [1.54, 1.807) is 0 Å². The zero-order chi connectivity index (χ0) is 14.7. The van der Waals surface area contributed by atoms with Crippen LogP contribution in [0.25, 0.3) is 0 Å². The predicted molar refractivity (Wildman–Crippen MR) is 80.2 cm³/mol. The summed E-state index contributed by atoms with van der Waals surface area (Å²) >= 11 is 0. The number of carbonyl (C=O) groups is 1. The second kappa shape index (κ2) is 4.48. The Morgan fingerprint density at radius 3 is 2.43 bits per heavy atom. The van der Waals surface area contributed by atoms with Crippen molar-refractivity contribution in [2.45, 2.75) is 70.8 Å². The SMILES string of the molecule is CC12CC3CC(C1)CC(C(=O)N(CCC#N)C1CC1)(C3)C2. The van der Waals surface area contributed by atoms with Gasteiger partial charge in [-0.25, -0.2) is 0 Å². The molecule has 0 aromatic heterocycles. The van der Waals surface area contributed by atoms with Crippen LogP contribution >= 0.6 is 0 Å². The van der Waals surface area contributed by atoms with Crippen molar-refractivity contribution in [3.8, 4) is 6.07 Å².